The third kappa shape index (κ3) is 2.30. The van der Waals surface area contributed by atoms with Gasteiger partial charge < -0.3 is 14.7 Å². The molecule has 134 valence electrons. The number of nitrogens with zero attached hydrogens (tertiary/aromatic N) is 3. The van der Waals surface area contributed by atoms with Crippen molar-refractivity contribution >= 4 is 23.2 Å². The lowest BCUT2D eigenvalue weighted by atomic mass is 9.81. The summed E-state index contributed by atoms with van der Waals surface area (Å²) in [5.74, 6) is 0.0847. The summed E-state index contributed by atoms with van der Waals surface area (Å²) < 4.78 is 0. The van der Waals surface area contributed by atoms with Crippen LogP contribution in [-0.4, -0.2) is 50.9 Å². The van der Waals surface area contributed by atoms with E-state index in [9.17, 15) is 9.59 Å². The highest BCUT2D eigenvalue weighted by atomic mass is 16.2. The van der Waals surface area contributed by atoms with Crippen LogP contribution >= 0.6 is 0 Å². The fourth-order valence-electron chi connectivity index (χ4n) is 4.19. The van der Waals surface area contributed by atoms with Crippen LogP contribution < -0.4 is 9.80 Å². The lowest BCUT2D eigenvalue weighted by Gasteiger charge is -2.24. The second-order valence-corrected chi connectivity index (χ2v) is 7.38. The first-order valence-corrected chi connectivity index (χ1v) is 8.88. The van der Waals surface area contributed by atoms with E-state index >= 15 is 0 Å². The highest BCUT2D eigenvalue weighted by Gasteiger charge is 2.54. The van der Waals surface area contributed by atoms with Crippen LogP contribution in [0.15, 0.2) is 48.5 Å². The van der Waals surface area contributed by atoms with E-state index in [-0.39, 0.29) is 11.8 Å². The Bertz CT molecular complexity index is 892. The maximum Gasteiger partial charge on any atom is 0.253 e. The van der Waals surface area contributed by atoms with Gasteiger partial charge in [-0.1, -0.05) is 24.3 Å². The van der Waals surface area contributed by atoms with E-state index in [1.54, 1.807) is 4.90 Å². The Morgan fingerprint density at radius 1 is 1.12 bits per heavy atom. The molecule has 1 spiro atoms. The van der Waals surface area contributed by atoms with E-state index in [4.69, 9.17) is 0 Å². The minimum Gasteiger partial charge on any atom is -0.378 e. The number of carbonyl (C=O) groups excluding carboxylic acids is 2. The van der Waals surface area contributed by atoms with E-state index in [0.29, 0.717) is 25.1 Å². The zero-order chi connectivity index (χ0) is 18.5. The van der Waals surface area contributed by atoms with Crippen LogP contribution in [0.1, 0.15) is 22.3 Å². The van der Waals surface area contributed by atoms with Crippen LogP contribution in [-0.2, 0) is 10.2 Å². The normalized spacial score (nSPS) is 21.4. The Morgan fingerprint density at radius 3 is 2.65 bits per heavy atom. The monoisotopic (exact) mass is 349 g/mol. The summed E-state index contributed by atoms with van der Waals surface area (Å²) in [6.45, 7) is 1.04. The second kappa shape index (κ2) is 5.87. The molecule has 1 atom stereocenters. The molecule has 0 N–H and O–H groups in total. The fourth-order valence-corrected chi connectivity index (χ4v) is 4.19. The Labute approximate surface area is 153 Å². The van der Waals surface area contributed by atoms with Gasteiger partial charge in [-0.25, -0.2) is 0 Å². The first kappa shape index (κ1) is 16.6. The van der Waals surface area contributed by atoms with Crippen LogP contribution in [0.2, 0.25) is 0 Å². The van der Waals surface area contributed by atoms with Gasteiger partial charge in [0.25, 0.3) is 5.91 Å². The van der Waals surface area contributed by atoms with Crippen molar-refractivity contribution in [3.8, 4) is 0 Å². The van der Waals surface area contributed by atoms with Gasteiger partial charge in [0.2, 0.25) is 5.91 Å². The zero-order valence-electron chi connectivity index (χ0n) is 15.4. The van der Waals surface area contributed by atoms with Crippen molar-refractivity contribution in [1.29, 1.82) is 0 Å². The summed E-state index contributed by atoms with van der Waals surface area (Å²) in [7, 11) is 5.73. The third-order valence-electron chi connectivity index (χ3n) is 5.66. The second-order valence-electron chi connectivity index (χ2n) is 7.38. The van der Waals surface area contributed by atoms with Gasteiger partial charge in [0.15, 0.2) is 0 Å². The highest BCUT2D eigenvalue weighted by molar-refractivity contribution is 6.09. The molecule has 0 bridgehead atoms. The fraction of sp³-hybridized carbons (Fsp3) is 0.333. The highest BCUT2D eigenvalue weighted by Crippen LogP contribution is 2.46. The minimum absolute atomic E-state index is 0.00888. The van der Waals surface area contributed by atoms with Crippen molar-refractivity contribution in [1.82, 2.24) is 4.90 Å². The van der Waals surface area contributed by atoms with Gasteiger partial charge in [0.1, 0.15) is 0 Å². The van der Waals surface area contributed by atoms with Crippen molar-refractivity contribution in [3.05, 3.63) is 59.7 Å². The summed E-state index contributed by atoms with van der Waals surface area (Å²) in [5, 5.41) is 0. The number of hydrogen-bond donors (Lipinski definition) is 0. The predicted octanol–water partition coefficient (Wildman–Crippen LogP) is 2.51. The van der Waals surface area contributed by atoms with Crippen molar-refractivity contribution in [3.63, 3.8) is 0 Å². The van der Waals surface area contributed by atoms with Crippen molar-refractivity contribution < 1.29 is 9.59 Å². The number of amides is 2. The van der Waals surface area contributed by atoms with Gasteiger partial charge in [0, 0.05) is 51.2 Å². The van der Waals surface area contributed by atoms with Gasteiger partial charge in [-0.2, -0.15) is 0 Å². The lowest BCUT2D eigenvalue weighted by Crippen LogP contribution is -2.42. The number of para-hydroxylation sites is 1. The molecule has 26 heavy (non-hydrogen) atoms. The number of carbonyl (C=O) groups is 2. The van der Waals surface area contributed by atoms with Crippen molar-refractivity contribution in [2.45, 2.75) is 11.8 Å². The molecule has 0 radical (unpaired) electrons. The van der Waals surface area contributed by atoms with Crippen LogP contribution in [0.5, 0.6) is 0 Å². The number of benzene rings is 2. The molecule has 4 rings (SSSR count). The Kier molecular flexibility index (Phi) is 3.75. The third-order valence-corrected chi connectivity index (χ3v) is 5.66. The standard InChI is InChI=1S/C21H23N3O2/c1-22(2)16-8-6-7-15(13-16)19(25)24-12-11-21(14-24)17-9-4-5-10-18(17)23(3)20(21)26/h4-10,13H,11-12,14H2,1-3H3/t21-/m1/s1. The molecule has 0 aromatic heterocycles. The molecule has 2 aromatic rings. The molecule has 0 unspecified atom stereocenters. The van der Waals surface area contributed by atoms with Gasteiger partial charge >= 0.3 is 0 Å². The average Bonchev–Trinajstić information content (AvgIpc) is 3.20. The SMILES string of the molecule is CN(C)c1cccc(C(=O)N2CC[C@]3(C2)C(=O)N(C)c2ccccc23)c1. The van der Waals surface area contributed by atoms with E-state index < -0.39 is 5.41 Å². The number of likely N-dealkylation sites (tertiary alicyclic amines) is 1. The van der Waals surface area contributed by atoms with E-state index in [2.05, 4.69) is 0 Å². The maximum absolute atomic E-state index is 13.0. The molecular formula is C21H23N3O2. The average molecular weight is 349 g/mol. The van der Waals surface area contributed by atoms with Crippen LogP contribution in [0.25, 0.3) is 0 Å². The minimum atomic E-state index is -0.597. The number of hydrogen-bond acceptors (Lipinski definition) is 3. The molecule has 0 aliphatic carbocycles. The van der Waals surface area contributed by atoms with E-state index in [1.807, 2.05) is 79.5 Å². The smallest absolute Gasteiger partial charge is 0.253 e. The molecule has 2 heterocycles. The van der Waals surface area contributed by atoms with E-state index in [0.717, 1.165) is 16.9 Å². The lowest BCUT2D eigenvalue weighted by molar-refractivity contribution is -0.122. The molecule has 1 saturated heterocycles. The van der Waals surface area contributed by atoms with Crippen LogP contribution in [0.3, 0.4) is 0 Å². The molecular weight excluding hydrogens is 326 g/mol. The van der Waals surface area contributed by atoms with Gasteiger partial charge in [-0.15, -0.1) is 0 Å². The number of likely N-dealkylation sites (N-methyl/N-ethyl adjacent to an activating group) is 1. The summed E-state index contributed by atoms with van der Waals surface area (Å²) >= 11 is 0. The topological polar surface area (TPSA) is 43.9 Å². The Morgan fingerprint density at radius 2 is 1.88 bits per heavy atom. The maximum atomic E-state index is 13.0. The predicted molar refractivity (Wildman–Crippen MR) is 103 cm³/mol. The molecule has 1 fully saturated rings. The number of rotatable bonds is 2. The summed E-state index contributed by atoms with van der Waals surface area (Å²) in [6, 6.07) is 15.6. The van der Waals surface area contributed by atoms with Gasteiger partial charge in [-0.05, 0) is 36.2 Å². The van der Waals surface area contributed by atoms with E-state index in [1.165, 1.54) is 0 Å². The molecule has 5 heteroatoms. The molecule has 0 saturated carbocycles. The Balaban J connectivity index is 1.64. The number of anilines is 2. The molecule has 5 nitrogen and oxygen atoms in total. The van der Waals surface area contributed by atoms with Gasteiger partial charge in [0.05, 0.1) is 5.41 Å². The molecule has 2 aliphatic rings. The number of fused-ring (bicyclic) bond motifs is 2. The largest absolute Gasteiger partial charge is 0.378 e. The first-order valence-electron chi connectivity index (χ1n) is 8.88. The molecule has 2 aromatic carbocycles. The summed E-state index contributed by atoms with van der Waals surface area (Å²) in [6.07, 6.45) is 0.673. The first-order chi connectivity index (χ1) is 12.4. The van der Waals surface area contributed by atoms with Crippen molar-refractivity contribution in [2.75, 3.05) is 44.0 Å². The Hall–Kier alpha value is -2.82. The zero-order valence-corrected chi connectivity index (χ0v) is 15.4. The summed E-state index contributed by atoms with van der Waals surface area (Å²) in [5.41, 5.74) is 3.07. The summed E-state index contributed by atoms with van der Waals surface area (Å²) in [4.78, 5) is 31.6. The quantitative estimate of drug-likeness (QED) is 0.837. The van der Waals surface area contributed by atoms with Crippen molar-refractivity contribution in [2.24, 2.45) is 0 Å². The van der Waals surface area contributed by atoms with Crippen LogP contribution in [0.4, 0.5) is 11.4 Å². The molecule has 2 amide bonds. The van der Waals surface area contributed by atoms with Gasteiger partial charge in [-0.3, -0.25) is 9.59 Å². The van der Waals surface area contributed by atoms with Crippen LogP contribution in [0, 0.1) is 0 Å². The molecule has 2 aliphatic heterocycles.